The summed E-state index contributed by atoms with van der Waals surface area (Å²) in [6.45, 7) is 1.77. The number of aromatic nitrogens is 1. The van der Waals surface area contributed by atoms with Crippen molar-refractivity contribution in [3.63, 3.8) is 0 Å². The second-order valence-electron chi connectivity index (χ2n) is 6.43. The lowest BCUT2D eigenvalue weighted by molar-refractivity contribution is 0.102. The molecule has 126 valence electrons. The molecule has 1 aliphatic carbocycles. The summed E-state index contributed by atoms with van der Waals surface area (Å²) in [5.41, 5.74) is 5.47. The van der Waals surface area contributed by atoms with Crippen LogP contribution in [0.15, 0.2) is 53.1 Å². The summed E-state index contributed by atoms with van der Waals surface area (Å²) >= 11 is 0. The van der Waals surface area contributed by atoms with E-state index < -0.39 is 0 Å². The van der Waals surface area contributed by atoms with E-state index in [2.05, 4.69) is 16.5 Å². The first-order valence-corrected chi connectivity index (χ1v) is 8.68. The average molecular weight is 332 g/mol. The Bertz CT molecular complexity index is 913. The number of nitrogens with one attached hydrogen (secondary N) is 1. The molecule has 1 aliphatic rings. The third-order valence-corrected chi connectivity index (χ3v) is 4.78. The lowest BCUT2D eigenvalue weighted by Gasteiger charge is -2.19. The Morgan fingerprint density at radius 1 is 1.04 bits per heavy atom. The maximum atomic E-state index is 13.0. The predicted molar refractivity (Wildman–Crippen MR) is 97.7 cm³/mol. The average Bonchev–Trinajstić information content (AvgIpc) is 3.04. The van der Waals surface area contributed by atoms with Crippen molar-refractivity contribution in [1.82, 2.24) is 5.16 Å². The molecule has 0 radical (unpaired) electrons. The zero-order chi connectivity index (χ0) is 17.2. The summed E-state index contributed by atoms with van der Waals surface area (Å²) in [4.78, 5) is 13.0. The molecule has 1 aromatic heterocycles. The summed E-state index contributed by atoms with van der Waals surface area (Å²) in [5.74, 6) is 0.359. The molecule has 3 aromatic rings. The van der Waals surface area contributed by atoms with Crippen LogP contribution >= 0.6 is 0 Å². The summed E-state index contributed by atoms with van der Waals surface area (Å²) < 4.78 is 5.31. The van der Waals surface area contributed by atoms with Crippen molar-refractivity contribution in [2.24, 2.45) is 0 Å². The van der Waals surface area contributed by atoms with Crippen LogP contribution in [0.2, 0.25) is 0 Å². The molecule has 4 nitrogen and oxygen atoms in total. The molecule has 1 heterocycles. The second-order valence-corrected chi connectivity index (χ2v) is 6.43. The highest BCUT2D eigenvalue weighted by atomic mass is 16.5. The highest BCUT2D eigenvalue weighted by molar-refractivity contribution is 6.09. The highest BCUT2D eigenvalue weighted by Gasteiger charge is 2.23. The number of nitrogens with zero attached hydrogens (tertiary/aromatic N) is 1. The van der Waals surface area contributed by atoms with Gasteiger partial charge in [0.1, 0.15) is 17.0 Å². The third kappa shape index (κ3) is 2.95. The van der Waals surface area contributed by atoms with Gasteiger partial charge in [0.15, 0.2) is 0 Å². The van der Waals surface area contributed by atoms with E-state index in [4.69, 9.17) is 4.52 Å². The van der Waals surface area contributed by atoms with Gasteiger partial charge >= 0.3 is 0 Å². The molecular weight excluding hydrogens is 312 g/mol. The zero-order valence-corrected chi connectivity index (χ0v) is 14.2. The summed E-state index contributed by atoms with van der Waals surface area (Å²) in [6.07, 6.45) is 4.48. The number of aryl methyl sites for hydroxylation is 2. The summed E-state index contributed by atoms with van der Waals surface area (Å²) in [7, 11) is 0. The van der Waals surface area contributed by atoms with Crippen molar-refractivity contribution >= 4 is 11.6 Å². The van der Waals surface area contributed by atoms with E-state index in [1.807, 2.05) is 42.5 Å². The van der Waals surface area contributed by atoms with E-state index in [0.717, 1.165) is 24.1 Å². The van der Waals surface area contributed by atoms with E-state index in [0.29, 0.717) is 17.0 Å². The molecule has 1 N–H and O–H groups in total. The number of amides is 1. The Balaban J connectivity index is 1.68. The fraction of sp³-hybridized carbons (Fsp3) is 0.238. The molecule has 1 amide bonds. The van der Waals surface area contributed by atoms with Crippen molar-refractivity contribution in [3.8, 4) is 11.3 Å². The van der Waals surface area contributed by atoms with Crippen molar-refractivity contribution < 1.29 is 9.32 Å². The maximum Gasteiger partial charge on any atom is 0.261 e. The van der Waals surface area contributed by atoms with E-state index in [1.54, 1.807) is 6.92 Å². The molecule has 4 rings (SSSR count). The fourth-order valence-corrected chi connectivity index (χ4v) is 3.52. The van der Waals surface area contributed by atoms with Crippen LogP contribution in [0.25, 0.3) is 11.3 Å². The first-order chi connectivity index (χ1) is 12.2. The van der Waals surface area contributed by atoms with Crippen LogP contribution in [0.3, 0.4) is 0 Å². The number of carbonyl (C=O) groups is 1. The van der Waals surface area contributed by atoms with Crippen molar-refractivity contribution in [3.05, 3.63) is 71.0 Å². The minimum absolute atomic E-state index is 0.170. The normalized spacial score (nSPS) is 13.3. The molecule has 0 aliphatic heterocycles. The van der Waals surface area contributed by atoms with E-state index in [1.165, 1.54) is 24.0 Å². The largest absolute Gasteiger partial charge is 0.360 e. The topological polar surface area (TPSA) is 55.1 Å². The van der Waals surface area contributed by atoms with Gasteiger partial charge in [-0.25, -0.2) is 0 Å². The number of benzene rings is 2. The third-order valence-electron chi connectivity index (χ3n) is 4.78. The Morgan fingerprint density at radius 3 is 2.68 bits per heavy atom. The van der Waals surface area contributed by atoms with Gasteiger partial charge < -0.3 is 9.84 Å². The van der Waals surface area contributed by atoms with Gasteiger partial charge in [0.05, 0.1) is 0 Å². The van der Waals surface area contributed by atoms with E-state index in [9.17, 15) is 4.79 Å². The highest BCUT2D eigenvalue weighted by Crippen LogP contribution is 2.30. The van der Waals surface area contributed by atoms with Crippen LogP contribution in [-0.4, -0.2) is 11.1 Å². The lowest BCUT2D eigenvalue weighted by Crippen LogP contribution is -2.16. The minimum Gasteiger partial charge on any atom is -0.360 e. The monoisotopic (exact) mass is 332 g/mol. The van der Waals surface area contributed by atoms with Gasteiger partial charge in [0.25, 0.3) is 5.91 Å². The number of hydrogen-bond donors (Lipinski definition) is 1. The number of rotatable bonds is 3. The molecule has 4 heteroatoms. The van der Waals surface area contributed by atoms with Crippen molar-refractivity contribution in [2.45, 2.75) is 32.6 Å². The van der Waals surface area contributed by atoms with E-state index >= 15 is 0 Å². The molecular formula is C21H20N2O2. The first-order valence-electron chi connectivity index (χ1n) is 8.68. The SMILES string of the molecule is Cc1onc(-c2ccccc2)c1C(=O)Nc1cccc2c1CCCC2. The fourth-order valence-electron chi connectivity index (χ4n) is 3.52. The van der Waals surface area contributed by atoms with Crippen LogP contribution in [0, 0.1) is 6.92 Å². The van der Waals surface area contributed by atoms with Crippen LogP contribution in [0.5, 0.6) is 0 Å². The van der Waals surface area contributed by atoms with Gasteiger partial charge in [0, 0.05) is 11.3 Å². The minimum atomic E-state index is -0.170. The predicted octanol–water partition coefficient (Wildman–Crippen LogP) is 4.78. The first kappa shape index (κ1) is 15.6. The van der Waals surface area contributed by atoms with E-state index in [-0.39, 0.29) is 5.91 Å². The van der Waals surface area contributed by atoms with Crippen LogP contribution in [0.1, 0.15) is 40.1 Å². The maximum absolute atomic E-state index is 13.0. The smallest absolute Gasteiger partial charge is 0.261 e. The second kappa shape index (κ2) is 6.55. The zero-order valence-electron chi connectivity index (χ0n) is 14.2. The number of fused-ring (bicyclic) bond motifs is 1. The molecule has 0 atom stereocenters. The summed E-state index contributed by atoms with van der Waals surface area (Å²) in [5, 5.41) is 7.18. The molecule has 0 saturated carbocycles. The molecule has 25 heavy (non-hydrogen) atoms. The van der Waals surface area contributed by atoms with Gasteiger partial charge in [-0.3, -0.25) is 4.79 Å². The van der Waals surface area contributed by atoms with Crippen LogP contribution in [0.4, 0.5) is 5.69 Å². The van der Waals surface area contributed by atoms with Crippen molar-refractivity contribution in [2.75, 3.05) is 5.32 Å². The Kier molecular flexibility index (Phi) is 4.10. The molecule has 0 bridgehead atoms. The Labute approximate surface area is 146 Å². The molecule has 0 saturated heterocycles. The number of carbonyl (C=O) groups excluding carboxylic acids is 1. The van der Waals surface area contributed by atoms with Gasteiger partial charge in [0.2, 0.25) is 0 Å². The molecule has 0 fully saturated rings. The van der Waals surface area contributed by atoms with Gasteiger partial charge in [-0.2, -0.15) is 0 Å². The quantitative estimate of drug-likeness (QED) is 0.751. The number of hydrogen-bond acceptors (Lipinski definition) is 3. The summed E-state index contributed by atoms with van der Waals surface area (Å²) in [6, 6.07) is 15.8. The Morgan fingerprint density at radius 2 is 1.84 bits per heavy atom. The number of anilines is 1. The van der Waals surface area contributed by atoms with Crippen LogP contribution in [-0.2, 0) is 12.8 Å². The molecule has 0 spiro atoms. The Hall–Kier alpha value is -2.88. The van der Waals surface area contributed by atoms with Crippen molar-refractivity contribution in [1.29, 1.82) is 0 Å². The molecule has 0 unspecified atom stereocenters. The van der Waals surface area contributed by atoms with Gasteiger partial charge in [-0.15, -0.1) is 0 Å². The standard InChI is InChI=1S/C21H20N2O2/c1-14-19(20(23-25-14)16-9-3-2-4-10-16)21(24)22-18-13-7-11-15-8-5-6-12-17(15)18/h2-4,7,9-11,13H,5-6,8,12H2,1H3,(H,22,24). The lowest BCUT2D eigenvalue weighted by atomic mass is 9.90. The van der Waals surface area contributed by atoms with Gasteiger partial charge in [-0.1, -0.05) is 47.6 Å². The molecule has 2 aromatic carbocycles. The van der Waals surface area contributed by atoms with Crippen LogP contribution < -0.4 is 5.32 Å². The van der Waals surface area contributed by atoms with Gasteiger partial charge in [-0.05, 0) is 49.8 Å².